The summed E-state index contributed by atoms with van der Waals surface area (Å²) < 4.78 is 61.5. The van der Waals surface area contributed by atoms with Gasteiger partial charge >= 0.3 is 10.1 Å². The molecule has 0 aliphatic rings. The topological polar surface area (TPSA) is 64.7 Å². The molecule has 0 fully saturated rings. The normalized spacial score (nSPS) is 13.6. The van der Waals surface area contributed by atoms with Gasteiger partial charge in [-0.2, -0.15) is 27.9 Å². The first-order valence-corrected chi connectivity index (χ1v) is 8.51. The standard InChI is InChI=1S/C13H6Cl3F4N3OS/c1-6-11(25(24)13(15,16)20)9(5-21)22-23(6)10-3-2-7(4-8(10)14)12(17,18)19/h2-4H,1H3. The van der Waals surface area contributed by atoms with Crippen molar-refractivity contribution in [1.29, 1.82) is 5.26 Å². The molecule has 0 saturated heterocycles. The maximum absolute atomic E-state index is 13.6. The van der Waals surface area contributed by atoms with Crippen molar-refractivity contribution in [2.24, 2.45) is 0 Å². The molecule has 0 amide bonds. The lowest BCUT2D eigenvalue weighted by Gasteiger charge is -2.15. The van der Waals surface area contributed by atoms with Gasteiger partial charge in [-0.15, -0.1) is 0 Å². The molecule has 25 heavy (non-hydrogen) atoms. The second-order valence-electron chi connectivity index (χ2n) is 4.67. The molecule has 0 aliphatic carbocycles. The van der Waals surface area contributed by atoms with Crippen molar-refractivity contribution in [2.75, 3.05) is 0 Å². The number of nitriles is 1. The molecular formula is C13H6Cl3F4N3OS. The highest BCUT2D eigenvalue weighted by molar-refractivity contribution is 7.95. The van der Waals surface area contributed by atoms with Gasteiger partial charge in [0.1, 0.15) is 6.07 Å². The minimum Gasteiger partial charge on any atom is -0.607 e. The lowest BCUT2D eigenvalue weighted by atomic mass is 10.2. The first-order valence-electron chi connectivity index (χ1n) is 6.23. The Hall–Kier alpha value is -1.18. The monoisotopic (exact) mass is 433 g/mol. The Morgan fingerprint density at radius 1 is 1.28 bits per heavy atom. The number of halogens is 7. The van der Waals surface area contributed by atoms with E-state index in [1.54, 1.807) is 6.07 Å². The SMILES string of the molecule is Cc1c([S+]([O-])C(F)(Cl)Cl)c(C#N)nn1-c1ccc(C(F)(F)F)cc1Cl. The molecule has 0 saturated carbocycles. The van der Waals surface area contributed by atoms with Crippen LogP contribution in [0.3, 0.4) is 0 Å². The molecule has 1 atom stereocenters. The van der Waals surface area contributed by atoms with Gasteiger partial charge in [0.15, 0.2) is 0 Å². The third-order valence-electron chi connectivity index (χ3n) is 3.07. The van der Waals surface area contributed by atoms with Crippen molar-refractivity contribution in [2.45, 2.75) is 21.9 Å². The van der Waals surface area contributed by atoms with Crippen LogP contribution in [0.5, 0.6) is 0 Å². The van der Waals surface area contributed by atoms with Crippen LogP contribution < -0.4 is 0 Å². The molecule has 2 rings (SSSR count). The predicted molar refractivity (Wildman–Crippen MR) is 85.0 cm³/mol. The summed E-state index contributed by atoms with van der Waals surface area (Å²) in [5, 5.41) is 12.6. The van der Waals surface area contributed by atoms with Gasteiger partial charge in [-0.3, -0.25) is 0 Å². The van der Waals surface area contributed by atoms with Crippen LogP contribution in [0.25, 0.3) is 5.69 Å². The van der Waals surface area contributed by atoms with Crippen LogP contribution in [0.1, 0.15) is 17.0 Å². The Morgan fingerprint density at radius 3 is 2.32 bits per heavy atom. The lowest BCUT2D eigenvalue weighted by Crippen LogP contribution is -2.22. The van der Waals surface area contributed by atoms with Crippen LogP contribution in [-0.4, -0.2) is 18.3 Å². The molecule has 134 valence electrons. The molecule has 2 aromatic rings. The third-order valence-corrected chi connectivity index (χ3v) is 5.49. The van der Waals surface area contributed by atoms with E-state index in [1.165, 1.54) is 6.92 Å². The Bertz CT molecular complexity index is 858. The molecule has 1 aromatic carbocycles. The number of alkyl halides is 6. The van der Waals surface area contributed by atoms with E-state index in [4.69, 9.17) is 40.1 Å². The molecular weight excluding hydrogens is 429 g/mol. The summed E-state index contributed by atoms with van der Waals surface area (Å²) in [6, 6.07) is 4.05. The van der Waals surface area contributed by atoms with Gasteiger partial charge in [0.25, 0.3) is 0 Å². The molecule has 0 N–H and O–H groups in total. The quantitative estimate of drug-likeness (QED) is 0.392. The molecule has 0 bridgehead atoms. The largest absolute Gasteiger partial charge is 0.607 e. The fourth-order valence-electron chi connectivity index (χ4n) is 1.99. The van der Waals surface area contributed by atoms with Crippen molar-refractivity contribution < 1.29 is 22.1 Å². The van der Waals surface area contributed by atoms with Crippen molar-refractivity contribution in [3.05, 3.63) is 40.2 Å². The smallest absolute Gasteiger partial charge is 0.423 e. The van der Waals surface area contributed by atoms with Gasteiger partial charge in [-0.25, -0.2) is 4.68 Å². The van der Waals surface area contributed by atoms with Crippen molar-refractivity contribution in [3.63, 3.8) is 0 Å². The van der Waals surface area contributed by atoms with E-state index < -0.39 is 32.5 Å². The van der Waals surface area contributed by atoms with Crippen LogP contribution in [0.2, 0.25) is 5.02 Å². The first-order chi connectivity index (χ1) is 11.4. The highest BCUT2D eigenvalue weighted by atomic mass is 35.5. The molecule has 1 aromatic heterocycles. The fourth-order valence-corrected chi connectivity index (χ4v) is 3.56. The van der Waals surface area contributed by atoms with Crippen LogP contribution in [-0.2, 0) is 17.4 Å². The van der Waals surface area contributed by atoms with E-state index in [-0.39, 0.29) is 21.3 Å². The van der Waals surface area contributed by atoms with Crippen LogP contribution in [0.4, 0.5) is 17.6 Å². The van der Waals surface area contributed by atoms with E-state index in [0.717, 1.165) is 16.8 Å². The maximum atomic E-state index is 13.6. The zero-order valence-corrected chi connectivity index (χ0v) is 15.1. The second-order valence-corrected chi connectivity index (χ2v) is 8.26. The van der Waals surface area contributed by atoms with Gasteiger partial charge in [0.05, 0.1) is 33.1 Å². The van der Waals surface area contributed by atoms with Crippen LogP contribution in [0.15, 0.2) is 23.1 Å². The van der Waals surface area contributed by atoms with Gasteiger partial charge in [0, 0.05) is 0 Å². The molecule has 0 spiro atoms. The zero-order chi connectivity index (χ0) is 19.2. The minimum absolute atomic E-state index is 0.0140. The first kappa shape index (κ1) is 20.1. The highest BCUT2D eigenvalue weighted by Gasteiger charge is 2.44. The van der Waals surface area contributed by atoms with Gasteiger partial charge in [-0.05, 0) is 48.3 Å². The highest BCUT2D eigenvalue weighted by Crippen LogP contribution is 2.39. The van der Waals surface area contributed by atoms with Gasteiger partial charge < -0.3 is 4.55 Å². The predicted octanol–water partition coefficient (Wildman–Crippen LogP) is 4.89. The number of hydrogen-bond acceptors (Lipinski definition) is 3. The summed E-state index contributed by atoms with van der Waals surface area (Å²) in [5.41, 5.74) is -1.48. The van der Waals surface area contributed by atoms with Crippen molar-refractivity contribution >= 4 is 46.0 Å². The number of benzene rings is 1. The Kier molecular flexibility index (Phi) is 5.52. The van der Waals surface area contributed by atoms with Crippen LogP contribution >= 0.6 is 34.8 Å². The van der Waals surface area contributed by atoms with E-state index >= 15 is 0 Å². The summed E-state index contributed by atoms with van der Waals surface area (Å²) >= 11 is 13.6. The summed E-state index contributed by atoms with van der Waals surface area (Å²) in [6.07, 6.45) is -4.60. The molecule has 0 aliphatic heterocycles. The van der Waals surface area contributed by atoms with Crippen molar-refractivity contribution in [3.8, 4) is 11.8 Å². The van der Waals surface area contributed by atoms with Crippen LogP contribution in [0, 0.1) is 18.3 Å². The Labute approximate surface area is 157 Å². The molecule has 1 unspecified atom stereocenters. The van der Waals surface area contributed by atoms with Crippen molar-refractivity contribution in [1.82, 2.24) is 9.78 Å². The fraction of sp³-hybridized carbons (Fsp3) is 0.231. The average molecular weight is 435 g/mol. The second kappa shape index (κ2) is 6.85. The minimum atomic E-state index is -4.60. The number of aromatic nitrogens is 2. The van der Waals surface area contributed by atoms with Gasteiger partial charge in [0.2, 0.25) is 10.6 Å². The summed E-state index contributed by atoms with van der Waals surface area (Å²) in [7, 11) is 0. The van der Waals surface area contributed by atoms with E-state index in [1.807, 2.05) is 0 Å². The number of nitrogens with zero attached hydrogens (tertiary/aromatic N) is 3. The molecule has 0 radical (unpaired) electrons. The van der Waals surface area contributed by atoms with E-state index in [9.17, 15) is 22.1 Å². The number of hydrogen-bond donors (Lipinski definition) is 0. The molecule has 12 heteroatoms. The summed E-state index contributed by atoms with van der Waals surface area (Å²) in [6.45, 7) is 1.31. The lowest BCUT2D eigenvalue weighted by molar-refractivity contribution is -0.137. The zero-order valence-electron chi connectivity index (χ0n) is 12.0. The van der Waals surface area contributed by atoms with E-state index in [2.05, 4.69) is 5.10 Å². The Morgan fingerprint density at radius 2 is 1.88 bits per heavy atom. The number of rotatable bonds is 3. The van der Waals surface area contributed by atoms with Gasteiger partial charge in [-0.1, -0.05) is 11.6 Å². The molecule has 1 heterocycles. The maximum Gasteiger partial charge on any atom is 0.423 e. The summed E-state index contributed by atoms with van der Waals surface area (Å²) in [4.78, 5) is -0.383. The molecule has 4 nitrogen and oxygen atoms in total. The third kappa shape index (κ3) is 3.99. The average Bonchev–Trinajstić information content (AvgIpc) is 2.81. The summed E-state index contributed by atoms with van der Waals surface area (Å²) in [5.74, 6) is 0. The van der Waals surface area contributed by atoms with E-state index in [0.29, 0.717) is 6.07 Å². The Balaban J connectivity index is 2.63.